The lowest BCUT2D eigenvalue weighted by atomic mass is 10.1. The van der Waals surface area contributed by atoms with Crippen LogP contribution in [0.3, 0.4) is 0 Å². The molecule has 24 heavy (non-hydrogen) atoms. The number of rotatable bonds is 6. The van der Waals surface area contributed by atoms with Gasteiger partial charge in [-0.3, -0.25) is 14.7 Å². The average Bonchev–Trinajstić information content (AvgIpc) is 3.03. The molecule has 1 atom stereocenters. The smallest absolute Gasteiger partial charge is 0.303 e. The van der Waals surface area contributed by atoms with Crippen LogP contribution in [-0.4, -0.2) is 27.5 Å². The number of nitrogens with zero attached hydrogens (tertiary/aromatic N) is 2. The van der Waals surface area contributed by atoms with Gasteiger partial charge in [0.2, 0.25) is 0 Å². The van der Waals surface area contributed by atoms with Crippen molar-refractivity contribution in [3.63, 3.8) is 0 Å². The number of likely N-dealkylation sites (tertiary alicyclic amines) is 1. The van der Waals surface area contributed by atoms with E-state index in [1.807, 2.05) is 12.1 Å². The van der Waals surface area contributed by atoms with E-state index >= 15 is 0 Å². The van der Waals surface area contributed by atoms with Crippen molar-refractivity contribution < 1.29 is 9.90 Å². The Hall–Kier alpha value is -2.20. The third-order valence-corrected chi connectivity index (χ3v) is 4.76. The Bertz CT molecular complexity index is 714. The number of benzene rings is 1. The van der Waals surface area contributed by atoms with E-state index < -0.39 is 5.97 Å². The number of carboxylic acid groups (broad SMARTS) is 1. The lowest BCUT2D eigenvalue weighted by molar-refractivity contribution is -0.136. The summed E-state index contributed by atoms with van der Waals surface area (Å²) >= 11 is 0. The standard InChI is InChI=1S/C20H24N2O2/c1-15-6-2-3-7-16(15)14-22-13-5-10-19(22)18-9-4-8-17(21-18)11-12-20(23)24/h2-4,6-9,19H,5,10-14H2,1H3,(H,23,24). The van der Waals surface area contributed by atoms with E-state index in [1.165, 1.54) is 17.5 Å². The summed E-state index contributed by atoms with van der Waals surface area (Å²) in [6, 6.07) is 14.9. The molecule has 4 nitrogen and oxygen atoms in total. The Morgan fingerprint density at radius 1 is 1.25 bits per heavy atom. The lowest BCUT2D eigenvalue weighted by Crippen LogP contribution is -2.24. The molecular weight excluding hydrogens is 300 g/mol. The van der Waals surface area contributed by atoms with E-state index in [-0.39, 0.29) is 6.42 Å². The maximum Gasteiger partial charge on any atom is 0.303 e. The van der Waals surface area contributed by atoms with Gasteiger partial charge in [0.15, 0.2) is 0 Å². The summed E-state index contributed by atoms with van der Waals surface area (Å²) in [6.07, 6.45) is 2.92. The Labute approximate surface area is 143 Å². The maximum atomic E-state index is 10.8. The van der Waals surface area contributed by atoms with Crippen LogP contribution in [0.2, 0.25) is 0 Å². The Balaban J connectivity index is 1.74. The minimum Gasteiger partial charge on any atom is -0.481 e. The van der Waals surface area contributed by atoms with Gasteiger partial charge in [-0.2, -0.15) is 0 Å². The summed E-state index contributed by atoms with van der Waals surface area (Å²) < 4.78 is 0. The quantitative estimate of drug-likeness (QED) is 0.879. The first-order valence-electron chi connectivity index (χ1n) is 8.59. The summed E-state index contributed by atoms with van der Waals surface area (Å²) in [4.78, 5) is 18.0. The molecule has 0 bridgehead atoms. The summed E-state index contributed by atoms with van der Waals surface area (Å²) in [5.74, 6) is -0.774. The van der Waals surface area contributed by atoms with Crippen molar-refractivity contribution in [3.8, 4) is 0 Å². The second kappa shape index (κ2) is 7.58. The predicted molar refractivity (Wildman–Crippen MR) is 93.8 cm³/mol. The molecule has 0 amide bonds. The fourth-order valence-electron chi connectivity index (χ4n) is 3.41. The van der Waals surface area contributed by atoms with Gasteiger partial charge in [-0.05, 0) is 49.6 Å². The Morgan fingerprint density at radius 2 is 2.08 bits per heavy atom. The van der Waals surface area contributed by atoms with Crippen LogP contribution in [-0.2, 0) is 17.8 Å². The van der Waals surface area contributed by atoms with Crippen LogP contribution in [0.5, 0.6) is 0 Å². The molecule has 0 spiro atoms. The van der Waals surface area contributed by atoms with E-state index in [9.17, 15) is 4.79 Å². The van der Waals surface area contributed by atoms with E-state index in [4.69, 9.17) is 10.1 Å². The van der Waals surface area contributed by atoms with Crippen molar-refractivity contribution >= 4 is 5.97 Å². The largest absolute Gasteiger partial charge is 0.481 e. The van der Waals surface area contributed by atoms with Crippen LogP contribution in [0.15, 0.2) is 42.5 Å². The first-order valence-corrected chi connectivity index (χ1v) is 8.59. The first-order chi connectivity index (χ1) is 11.6. The topological polar surface area (TPSA) is 53.4 Å². The predicted octanol–water partition coefficient (Wildman–Crippen LogP) is 3.74. The molecule has 4 heteroatoms. The summed E-state index contributed by atoms with van der Waals surface area (Å²) in [5.41, 5.74) is 4.64. The summed E-state index contributed by atoms with van der Waals surface area (Å²) in [5, 5.41) is 8.85. The molecular formula is C20H24N2O2. The Kier molecular flexibility index (Phi) is 5.26. The second-order valence-electron chi connectivity index (χ2n) is 6.50. The van der Waals surface area contributed by atoms with Crippen molar-refractivity contribution in [1.82, 2.24) is 9.88 Å². The van der Waals surface area contributed by atoms with E-state index in [1.54, 1.807) is 0 Å². The number of aryl methyl sites for hydroxylation is 2. The molecule has 1 aliphatic rings. The molecule has 126 valence electrons. The number of carboxylic acids is 1. The van der Waals surface area contributed by atoms with Crippen LogP contribution in [0.4, 0.5) is 0 Å². The van der Waals surface area contributed by atoms with Gasteiger partial charge in [-0.15, -0.1) is 0 Å². The normalized spacial score (nSPS) is 18.0. The van der Waals surface area contributed by atoms with Gasteiger partial charge in [0, 0.05) is 18.7 Å². The van der Waals surface area contributed by atoms with E-state index in [0.29, 0.717) is 12.5 Å². The minimum absolute atomic E-state index is 0.133. The van der Waals surface area contributed by atoms with Crippen LogP contribution in [0, 0.1) is 6.92 Å². The monoisotopic (exact) mass is 324 g/mol. The highest BCUT2D eigenvalue weighted by atomic mass is 16.4. The number of pyridine rings is 1. The van der Waals surface area contributed by atoms with Crippen LogP contribution in [0.1, 0.15) is 47.8 Å². The Morgan fingerprint density at radius 3 is 2.88 bits per heavy atom. The molecule has 1 aromatic carbocycles. The van der Waals surface area contributed by atoms with Gasteiger partial charge in [-0.25, -0.2) is 0 Å². The van der Waals surface area contributed by atoms with Crippen molar-refractivity contribution in [2.24, 2.45) is 0 Å². The number of carbonyl (C=O) groups is 1. The van der Waals surface area contributed by atoms with Gasteiger partial charge in [0.05, 0.1) is 18.2 Å². The van der Waals surface area contributed by atoms with Crippen LogP contribution < -0.4 is 0 Å². The summed E-state index contributed by atoms with van der Waals surface area (Å²) in [6.45, 7) is 4.18. The van der Waals surface area contributed by atoms with E-state index in [2.05, 4.69) is 42.2 Å². The zero-order valence-electron chi connectivity index (χ0n) is 14.1. The number of hydrogen-bond acceptors (Lipinski definition) is 3. The molecule has 1 N–H and O–H groups in total. The number of hydrogen-bond donors (Lipinski definition) is 1. The minimum atomic E-state index is -0.774. The first kappa shape index (κ1) is 16.7. The highest BCUT2D eigenvalue weighted by molar-refractivity contribution is 5.66. The second-order valence-corrected chi connectivity index (χ2v) is 6.50. The molecule has 2 heterocycles. The highest BCUT2D eigenvalue weighted by Crippen LogP contribution is 2.32. The molecule has 3 rings (SSSR count). The van der Waals surface area contributed by atoms with Gasteiger partial charge >= 0.3 is 5.97 Å². The molecule has 1 fully saturated rings. The van der Waals surface area contributed by atoms with Crippen molar-refractivity contribution in [1.29, 1.82) is 0 Å². The lowest BCUT2D eigenvalue weighted by Gasteiger charge is -2.25. The van der Waals surface area contributed by atoms with Crippen molar-refractivity contribution in [3.05, 3.63) is 65.0 Å². The van der Waals surface area contributed by atoms with Gasteiger partial charge in [0.25, 0.3) is 0 Å². The third-order valence-electron chi connectivity index (χ3n) is 4.76. The number of aliphatic carboxylic acids is 1. The SMILES string of the molecule is Cc1ccccc1CN1CCCC1c1cccc(CCC(=O)O)n1. The zero-order valence-corrected chi connectivity index (χ0v) is 14.1. The summed E-state index contributed by atoms with van der Waals surface area (Å²) in [7, 11) is 0. The fraction of sp³-hybridized carbons (Fsp3) is 0.400. The molecule has 1 aromatic heterocycles. The van der Waals surface area contributed by atoms with Crippen molar-refractivity contribution in [2.75, 3.05) is 6.54 Å². The fourth-order valence-corrected chi connectivity index (χ4v) is 3.41. The van der Waals surface area contributed by atoms with Crippen LogP contribution in [0.25, 0.3) is 0 Å². The molecule has 0 saturated carbocycles. The number of aromatic nitrogens is 1. The van der Waals surface area contributed by atoms with Crippen LogP contribution >= 0.6 is 0 Å². The molecule has 0 aliphatic carbocycles. The highest BCUT2D eigenvalue weighted by Gasteiger charge is 2.27. The maximum absolute atomic E-state index is 10.8. The van der Waals surface area contributed by atoms with Gasteiger partial charge in [0.1, 0.15) is 0 Å². The zero-order chi connectivity index (χ0) is 16.9. The average molecular weight is 324 g/mol. The molecule has 2 aromatic rings. The van der Waals surface area contributed by atoms with Gasteiger partial charge in [-0.1, -0.05) is 30.3 Å². The molecule has 1 unspecified atom stereocenters. The van der Waals surface area contributed by atoms with E-state index in [0.717, 1.165) is 30.9 Å². The van der Waals surface area contributed by atoms with Crippen molar-refractivity contribution in [2.45, 2.75) is 45.2 Å². The molecule has 1 aliphatic heterocycles. The molecule has 1 saturated heterocycles. The van der Waals surface area contributed by atoms with Gasteiger partial charge < -0.3 is 5.11 Å². The molecule has 0 radical (unpaired) electrons. The third kappa shape index (κ3) is 4.01.